The molecule has 3 rings (SSSR count). The van der Waals surface area contributed by atoms with Crippen molar-refractivity contribution in [3.8, 4) is 17.2 Å². The van der Waals surface area contributed by atoms with Crippen LogP contribution in [-0.4, -0.2) is 33.5 Å². The van der Waals surface area contributed by atoms with Gasteiger partial charge in [-0.15, -0.1) is 0 Å². The van der Waals surface area contributed by atoms with E-state index in [2.05, 4.69) is 22.7 Å². The summed E-state index contributed by atoms with van der Waals surface area (Å²) in [7, 11) is 4.64. The molecule has 0 heterocycles. The minimum Gasteiger partial charge on any atom is -0.493 e. The van der Waals surface area contributed by atoms with E-state index in [0.717, 1.165) is 6.42 Å². The van der Waals surface area contributed by atoms with E-state index in [4.69, 9.17) is 14.2 Å². The van der Waals surface area contributed by atoms with Gasteiger partial charge in [-0.05, 0) is 30.0 Å². The maximum atomic E-state index is 12.3. The molecule has 1 amide bonds. The molecule has 2 aromatic carbocycles. The van der Waals surface area contributed by atoms with Gasteiger partial charge in [0.2, 0.25) is 11.7 Å². The Labute approximate surface area is 152 Å². The Balaban J connectivity index is 1.65. The third kappa shape index (κ3) is 3.64. The Kier molecular flexibility index (Phi) is 5.41. The zero-order valence-electron chi connectivity index (χ0n) is 15.1. The zero-order chi connectivity index (χ0) is 18.5. The highest BCUT2D eigenvalue weighted by molar-refractivity contribution is 5.88. The topological polar surface area (TPSA) is 69.2 Å². The van der Waals surface area contributed by atoms with Crippen molar-refractivity contribution in [2.45, 2.75) is 12.3 Å². The predicted molar refractivity (Wildman–Crippen MR) is 99.1 cm³/mol. The highest BCUT2D eigenvalue weighted by atomic mass is 16.5. The number of ether oxygens (including phenoxy) is 3. The molecular weight excluding hydrogens is 332 g/mol. The number of benzene rings is 2. The van der Waals surface area contributed by atoms with Crippen LogP contribution in [0.1, 0.15) is 23.5 Å². The lowest BCUT2D eigenvalue weighted by Gasteiger charge is -2.13. The Bertz CT molecular complexity index is 805. The maximum Gasteiger partial charge on any atom is 0.243 e. The predicted octanol–water partition coefficient (Wildman–Crippen LogP) is 2.97. The molecular formula is C20H22N2O4. The summed E-state index contributed by atoms with van der Waals surface area (Å²) < 4.78 is 16.0. The summed E-state index contributed by atoms with van der Waals surface area (Å²) in [6.45, 7) is 0. The molecule has 1 aliphatic rings. The zero-order valence-corrected chi connectivity index (χ0v) is 15.1. The molecule has 0 radical (unpaired) electrons. The monoisotopic (exact) mass is 354 g/mol. The van der Waals surface area contributed by atoms with Crippen LogP contribution in [-0.2, 0) is 4.79 Å². The molecule has 6 nitrogen and oxygen atoms in total. The van der Waals surface area contributed by atoms with Crippen molar-refractivity contribution in [2.75, 3.05) is 21.3 Å². The number of carbonyl (C=O) groups is 1. The normalized spacial score (nSPS) is 18.4. The number of carbonyl (C=O) groups excluding carboxylic acids is 1. The molecule has 0 saturated heterocycles. The van der Waals surface area contributed by atoms with Crippen molar-refractivity contribution < 1.29 is 19.0 Å². The van der Waals surface area contributed by atoms with E-state index in [1.807, 2.05) is 18.2 Å². The summed E-state index contributed by atoms with van der Waals surface area (Å²) in [4.78, 5) is 12.3. The Morgan fingerprint density at radius 3 is 2.42 bits per heavy atom. The van der Waals surface area contributed by atoms with Crippen LogP contribution in [0.15, 0.2) is 47.6 Å². The van der Waals surface area contributed by atoms with Gasteiger partial charge in [-0.3, -0.25) is 4.79 Å². The van der Waals surface area contributed by atoms with Crippen LogP contribution in [0.25, 0.3) is 0 Å². The van der Waals surface area contributed by atoms with Crippen molar-refractivity contribution >= 4 is 12.1 Å². The lowest BCUT2D eigenvalue weighted by molar-refractivity contribution is -0.122. The lowest BCUT2D eigenvalue weighted by atomic mass is 10.1. The fourth-order valence-corrected chi connectivity index (χ4v) is 3.03. The summed E-state index contributed by atoms with van der Waals surface area (Å²) in [5.74, 6) is 1.72. The van der Waals surface area contributed by atoms with Crippen molar-refractivity contribution in [1.82, 2.24) is 5.43 Å². The van der Waals surface area contributed by atoms with Gasteiger partial charge in [0.1, 0.15) is 0 Å². The average Bonchev–Trinajstić information content (AvgIpc) is 3.49. The fraction of sp³-hybridized carbons (Fsp3) is 0.300. The Morgan fingerprint density at radius 2 is 1.77 bits per heavy atom. The summed E-state index contributed by atoms with van der Waals surface area (Å²) in [6, 6.07) is 13.6. The van der Waals surface area contributed by atoms with E-state index in [1.165, 1.54) is 5.56 Å². The van der Waals surface area contributed by atoms with Gasteiger partial charge in [0.05, 0.1) is 27.5 Å². The second-order valence-electron chi connectivity index (χ2n) is 6.02. The average molecular weight is 354 g/mol. The van der Waals surface area contributed by atoms with E-state index in [-0.39, 0.29) is 17.7 Å². The molecule has 136 valence electrons. The molecule has 6 heteroatoms. The first-order valence-electron chi connectivity index (χ1n) is 8.36. The molecule has 1 aliphatic carbocycles. The second kappa shape index (κ2) is 7.91. The van der Waals surface area contributed by atoms with E-state index >= 15 is 0 Å². The van der Waals surface area contributed by atoms with Crippen molar-refractivity contribution in [3.63, 3.8) is 0 Å². The van der Waals surface area contributed by atoms with E-state index in [0.29, 0.717) is 22.8 Å². The minimum absolute atomic E-state index is 0.0261. The molecule has 1 N–H and O–H groups in total. The first-order chi connectivity index (χ1) is 12.7. The number of nitrogens with one attached hydrogen (secondary N) is 1. The largest absolute Gasteiger partial charge is 0.493 e. The van der Waals surface area contributed by atoms with E-state index in [9.17, 15) is 4.79 Å². The summed E-state index contributed by atoms with van der Waals surface area (Å²) in [6.07, 6.45) is 2.39. The quantitative estimate of drug-likeness (QED) is 0.613. The summed E-state index contributed by atoms with van der Waals surface area (Å²) in [5, 5.41) is 4.07. The number of hydrogen-bond acceptors (Lipinski definition) is 5. The molecule has 1 fully saturated rings. The number of hydrazone groups is 1. The van der Waals surface area contributed by atoms with Gasteiger partial charge in [0.25, 0.3) is 0 Å². The first-order valence-corrected chi connectivity index (χ1v) is 8.36. The van der Waals surface area contributed by atoms with Gasteiger partial charge >= 0.3 is 0 Å². The maximum absolute atomic E-state index is 12.3. The second-order valence-corrected chi connectivity index (χ2v) is 6.02. The van der Waals surface area contributed by atoms with Crippen LogP contribution in [0.4, 0.5) is 0 Å². The first kappa shape index (κ1) is 17.8. The van der Waals surface area contributed by atoms with Crippen LogP contribution in [0.3, 0.4) is 0 Å². The smallest absolute Gasteiger partial charge is 0.243 e. The van der Waals surface area contributed by atoms with Gasteiger partial charge in [-0.25, -0.2) is 5.43 Å². The summed E-state index contributed by atoms with van der Waals surface area (Å²) in [5.41, 5.74) is 4.49. The highest BCUT2D eigenvalue weighted by Gasteiger charge is 2.43. The van der Waals surface area contributed by atoms with Gasteiger partial charge in [-0.2, -0.15) is 5.10 Å². The van der Waals surface area contributed by atoms with Crippen LogP contribution in [0.2, 0.25) is 0 Å². The molecule has 0 aliphatic heterocycles. The minimum atomic E-state index is -0.0745. The highest BCUT2D eigenvalue weighted by Crippen LogP contribution is 2.47. The van der Waals surface area contributed by atoms with Crippen molar-refractivity contribution in [2.24, 2.45) is 11.0 Å². The van der Waals surface area contributed by atoms with Gasteiger partial charge < -0.3 is 14.2 Å². The number of amides is 1. The standard InChI is InChI=1S/C20H22N2O4/c1-24-17-10-9-14(18(25-2)19(17)26-3)12-21-22-20(23)16-11-15(16)13-7-5-4-6-8-13/h4-10,12,15-16H,11H2,1-3H3,(H,22,23)/b21-12+. The SMILES string of the molecule is COc1ccc(/C=N/NC(=O)C2CC2c2ccccc2)c(OC)c1OC. The molecule has 26 heavy (non-hydrogen) atoms. The van der Waals surface area contributed by atoms with Gasteiger partial charge in [-0.1, -0.05) is 30.3 Å². The van der Waals surface area contributed by atoms with Crippen molar-refractivity contribution in [1.29, 1.82) is 0 Å². The molecule has 0 spiro atoms. The molecule has 0 bridgehead atoms. The molecule has 0 aromatic heterocycles. The van der Waals surface area contributed by atoms with E-state index in [1.54, 1.807) is 39.7 Å². The van der Waals surface area contributed by atoms with Crippen LogP contribution in [0, 0.1) is 5.92 Å². The molecule has 1 saturated carbocycles. The lowest BCUT2D eigenvalue weighted by Crippen LogP contribution is -2.20. The number of nitrogens with zero attached hydrogens (tertiary/aromatic N) is 1. The molecule has 2 atom stereocenters. The number of methoxy groups -OCH3 is 3. The van der Waals surface area contributed by atoms with Crippen molar-refractivity contribution in [3.05, 3.63) is 53.6 Å². The molecule has 2 aromatic rings. The third-order valence-corrected chi connectivity index (χ3v) is 4.47. The Hall–Kier alpha value is -3.02. The van der Waals surface area contributed by atoms with E-state index < -0.39 is 0 Å². The fourth-order valence-electron chi connectivity index (χ4n) is 3.03. The van der Waals surface area contributed by atoms with Gasteiger partial charge in [0.15, 0.2) is 11.5 Å². The third-order valence-electron chi connectivity index (χ3n) is 4.47. The number of hydrogen-bond donors (Lipinski definition) is 1. The Morgan fingerprint density at radius 1 is 1.04 bits per heavy atom. The van der Waals surface area contributed by atoms with Crippen LogP contribution >= 0.6 is 0 Å². The molecule has 2 unspecified atom stereocenters. The number of rotatable bonds is 7. The summed E-state index contributed by atoms with van der Waals surface area (Å²) >= 11 is 0. The van der Waals surface area contributed by atoms with Crippen LogP contribution < -0.4 is 19.6 Å². The van der Waals surface area contributed by atoms with Crippen LogP contribution in [0.5, 0.6) is 17.2 Å². The van der Waals surface area contributed by atoms with Gasteiger partial charge in [0, 0.05) is 11.5 Å².